The molecule has 0 atom stereocenters. The number of nitrogens with two attached hydrogens (primary N) is 1. The van der Waals surface area contributed by atoms with Gasteiger partial charge in [0.05, 0.1) is 0 Å². The van der Waals surface area contributed by atoms with Crippen molar-refractivity contribution in [2.45, 2.75) is 23.1 Å². The van der Waals surface area contributed by atoms with Crippen LogP contribution in [0.2, 0.25) is 5.02 Å². The summed E-state index contributed by atoms with van der Waals surface area (Å²) in [6, 6.07) is 14.4. The fourth-order valence-electron chi connectivity index (χ4n) is 1.79. The lowest BCUT2D eigenvalue weighted by atomic mass is 10.1. The Hall–Kier alpha value is -0.960. The highest BCUT2D eigenvalue weighted by Crippen LogP contribution is 2.33. The highest BCUT2D eigenvalue weighted by atomic mass is 35.5. The molecule has 2 N–H and O–H groups in total. The first-order chi connectivity index (χ1) is 8.70. The summed E-state index contributed by atoms with van der Waals surface area (Å²) in [6.07, 6.45) is 0.856. The molecule has 0 amide bonds. The molecular formula is C15H16ClNS. The van der Waals surface area contributed by atoms with Gasteiger partial charge in [-0.05, 0) is 55.3 Å². The highest BCUT2D eigenvalue weighted by molar-refractivity contribution is 7.99. The van der Waals surface area contributed by atoms with Crippen LogP contribution in [-0.2, 0) is 6.42 Å². The molecule has 0 heterocycles. The molecular weight excluding hydrogens is 262 g/mol. The average Bonchev–Trinajstić information content (AvgIpc) is 2.35. The zero-order valence-corrected chi connectivity index (χ0v) is 11.9. The molecule has 94 valence electrons. The van der Waals surface area contributed by atoms with Crippen molar-refractivity contribution in [3.63, 3.8) is 0 Å². The van der Waals surface area contributed by atoms with Crippen LogP contribution in [0.15, 0.2) is 52.3 Å². The molecule has 0 bridgehead atoms. The summed E-state index contributed by atoms with van der Waals surface area (Å²) < 4.78 is 0. The molecule has 0 spiro atoms. The summed E-state index contributed by atoms with van der Waals surface area (Å²) in [7, 11) is 0. The van der Waals surface area contributed by atoms with Crippen LogP contribution in [0.1, 0.15) is 11.1 Å². The molecule has 0 saturated heterocycles. The lowest BCUT2D eigenvalue weighted by Gasteiger charge is -2.10. The van der Waals surface area contributed by atoms with Gasteiger partial charge < -0.3 is 5.73 Å². The largest absolute Gasteiger partial charge is 0.330 e. The Morgan fingerprint density at radius 1 is 1.11 bits per heavy atom. The molecule has 2 rings (SSSR count). The van der Waals surface area contributed by atoms with Gasteiger partial charge in [0.15, 0.2) is 0 Å². The summed E-state index contributed by atoms with van der Waals surface area (Å²) in [6.45, 7) is 2.77. The van der Waals surface area contributed by atoms with E-state index in [4.69, 9.17) is 17.3 Å². The monoisotopic (exact) mass is 277 g/mol. The van der Waals surface area contributed by atoms with Crippen LogP contribution in [0.25, 0.3) is 0 Å². The van der Waals surface area contributed by atoms with Gasteiger partial charge in [0.25, 0.3) is 0 Å². The lowest BCUT2D eigenvalue weighted by Crippen LogP contribution is -2.03. The second kappa shape index (κ2) is 6.28. The number of halogens is 1. The molecule has 0 radical (unpaired) electrons. The first kappa shape index (κ1) is 13.5. The van der Waals surface area contributed by atoms with Crippen LogP contribution in [0.3, 0.4) is 0 Å². The average molecular weight is 278 g/mol. The summed E-state index contributed by atoms with van der Waals surface area (Å²) in [5.41, 5.74) is 8.16. The van der Waals surface area contributed by atoms with E-state index >= 15 is 0 Å². The molecule has 3 heteroatoms. The van der Waals surface area contributed by atoms with Crippen molar-refractivity contribution in [2.24, 2.45) is 5.73 Å². The van der Waals surface area contributed by atoms with Gasteiger partial charge in [0.2, 0.25) is 0 Å². The van der Waals surface area contributed by atoms with Crippen molar-refractivity contribution in [3.8, 4) is 0 Å². The predicted octanol–water partition coefficient (Wildman–Crippen LogP) is 4.30. The van der Waals surface area contributed by atoms with Crippen LogP contribution in [0.5, 0.6) is 0 Å². The first-order valence-corrected chi connectivity index (χ1v) is 7.12. The minimum Gasteiger partial charge on any atom is -0.330 e. The number of benzene rings is 2. The molecule has 0 aromatic heterocycles. The zero-order chi connectivity index (χ0) is 13.0. The molecule has 0 aliphatic heterocycles. The fraction of sp³-hybridized carbons (Fsp3) is 0.200. The SMILES string of the molecule is Cc1ccccc1Sc1ccc(Cl)cc1CCN. The molecule has 18 heavy (non-hydrogen) atoms. The first-order valence-electron chi connectivity index (χ1n) is 5.92. The van der Waals surface area contributed by atoms with Crippen LogP contribution >= 0.6 is 23.4 Å². The summed E-state index contributed by atoms with van der Waals surface area (Å²) in [5, 5.41) is 0.771. The minimum absolute atomic E-state index is 0.641. The molecule has 0 aliphatic rings. The summed E-state index contributed by atoms with van der Waals surface area (Å²) in [4.78, 5) is 2.51. The third kappa shape index (κ3) is 3.29. The van der Waals surface area contributed by atoms with Crippen LogP contribution in [0.4, 0.5) is 0 Å². The molecule has 0 saturated carbocycles. The van der Waals surface area contributed by atoms with Gasteiger partial charge in [-0.1, -0.05) is 41.6 Å². The maximum Gasteiger partial charge on any atom is 0.0409 e. The summed E-state index contributed by atoms with van der Waals surface area (Å²) in [5.74, 6) is 0. The second-order valence-electron chi connectivity index (χ2n) is 4.16. The molecule has 0 aliphatic carbocycles. The van der Waals surface area contributed by atoms with Crippen LogP contribution in [0, 0.1) is 6.92 Å². The normalized spacial score (nSPS) is 10.6. The number of aryl methyl sites for hydroxylation is 1. The topological polar surface area (TPSA) is 26.0 Å². The quantitative estimate of drug-likeness (QED) is 0.902. The lowest BCUT2D eigenvalue weighted by molar-refractivity contribution is 0.944. The van der Waals surface area contributed by atoms with Crippen molar-refractivity contribution in [2.75, 3.05) is 6.54 Å². The molecule has 0 fully saturated rings. The Morgan fingerprint density at radius 2 is 1.89 bits per heavy atom. The van der Waals surface area contributed by atoms with Gasteiger partial charge in [-0.2, -0.15) is 0 Å². The fourth-order valence-corrected chi connectivity index (χ4v) is 3.02. The van der Waals surface area contributed by atoms with E-state index in [1.807, 2.05) is 12.1 Å². The predicted molar refractivity (Wildman–Crippen MR) is 79.5 cm³/mol. The Morgan fingerprint density at radius 3 is 2.61 bits per heavy atom. The van der Waals surface area contributed by atoms with Crippen molar-refractivity contribution in [3.05, 3.63) is 58.6 Å². The third-order valence-electron chi connectivity index (χ3n) is 2.75. The van der Waals surface area contributed by atoms with Gasteiger partial charge in [0, 0.05) is 14.8 Å². The molecule has 2 aromatic rings. The van der Waals surface area contributed by atoms with Crippen molar-refractivity contribution in [1.29, 1.82) is 0 Å². The van der Waals surface area contributed by atoms with E-state index in [9.17, 15) is 0 Å². The van der Waals surface area contributed by atoms with E-state index < -0.39 is 0 Å². The van der Waals surface area contributed by atoms with Gasteiger partial charge in [-0.15, -0.1) is 0 Å². The van der Waals surface area contributed by atoms with E-state index in [1.165, 1.54) is 20.9 Å². The number of hydrogen-bond acceptors (Lipinski definition) is 2. The Bertz CT molecular complexity index is 540. The molecule has 1 nitrogen and oxygen atoms in total. The smallest absolute Gasteiger partial charge is 0.0409 e. The van der Waals surface area contributed by atoms with Crippen LogP contribution < -0.4 is 5.73 Å². The third-order valence-corrected chi connectivity index (χ3v) is 4.28. The van der Waals surface area contributed by atoms with E-state index in [2.05, 4.69) is 37.3 Å². The van der Waals surface area contributed by atoms with E-state index in [0.29, 0.717) is 6.54 Å². The number of hydrogen-bond donors (Lipinski definition) is 1. The summed E-state index contributed by atoms with van der Waals surface area (Å²) >= 11 is 7.81. The highest BCUT2D eigenvalue weighted by Gasteiger charge is 2.06. The van der Waals surface area contributed by atoms with Crippen molar-refractivity contribution < 1.29 is 0 Å². The second-order valence-corrected chi connectivity index (χ2v) is 5.68. The maximum absolute atomic E-state index is 6.04. The van der Waals surface area contributed by atoms with E-state index in [-0.39, 0.29) is 0 Å². The van der Waals surface area contributed by atoms with Crippen LogP contribution in [-0.4, -0.2) is 6.54 Å². The van der Waals surface area contributed by atoms with Crippen molar-refractivity contribution in [1.82, 2.24) is 0 Å². The van der Waals surface area contributed by atoms with Gasteiger partial charge in [0.1, 0.15) is 0 Å². The molecule has 0 unspecified atom stereocenters. The Balaban J connectivity index is 2.31. The minimum atomic E-state index is 0.641. The Labute approximate surface area is 117 Å². The molecule has 2 aromatic carbocycles. The zero-order valence-electron chi connectivity index (χ0n) is 10.3. The van der Waals surface area contributed by atoms with Gasteiger partial charge in [-0.3, -0.25) is 0 Å². The standard InChI is InChI=1S/C15H16ClNS/c1-11-4-2-3-5-14(11)18-15-7-6-13(16)10-12(15)8-9-17/h2-7,10H,8-9,17H2,1H3. The van der Waals surface area contributed by atoms with Crippen molar-refractivity contribution >= 4 is 23.4 Å². The van der Waals surface area contributed by atoms with E-state index in [0.717, 1.165) is 11.4 Å². The van der Waals surface area contributed by atoms with Gasteiger partial charge in [-0.25, -0.2) is 0 Å². The number of rotatable bonds is 4. The maximum atomic E-state index is 6.04. The van der Waals surface area contributed by atoms with E-state index in [1.54, 1.807) is 11.8 Å². The Kier molecular flexibility index (Phi) is 4.70. The van der Waals surface area contributed by atoms with Gasteiger partial charge >= 0.3 is 0 Å².